The number of hydrogen-bond donors (Lipinski definition) is 1. The maximum atomic E-state index is 13.1. The van der Waals surface area contributed by atoms with E-state index >= 15 is 0 Å². The van der Waals surface area contributed by atoms with E-state index in [9.17, 15) is 14.4 Å². The van der Waals surface area contributed by atoms with E-state index in [-0.39, 0.29) is 36.3 Å². The molecule has 2 aliphatic rings. The van der Waals surface area contributed by atoms with Crippen molar-refractivity contribution in [1.82, 2.24) is 20.0 Å². The van der Waals surface area contributed by atoms with E-state index in [1.165, 1.54) is 5.56 Å². The lowest BCUT2D eigenvalue weighted by molar-refractivity contribution is -0.143. The molecule has 176 valence electrons. The lowest BCUT2D eigenvalue weighted by Gasteiger charge is -2.42. The normalized spacial score (nSPS) is 20.8. The number of nitrogens with one attached hydrogen (secondary N) is 1. The molecule has 32 heavy (non-hydrogen) atoms. The number of fused-ring (bicyclic) bond motifs is 1. The van der Waals surface area contributed by atoms with E-state index in [4.69, 9.17) is 4.74 Å². The highest BCUT2D eigenvalue weighted by atomic mass is 16.5. The number of nitrogens with zero attached hydrogens (tertiary/aromatic N) is 3. The van der Waals surface area contributed by atoms with Crippen molar-refractivity contribution < 1.29 is 19.1 Å². The maximum Gasteiger partial charge on any atom is 0.321 e. The average Bonchev–Trinajstić information content (AvgIpc) is 3.07. The fourth-order valence-electron chi connectivity index (χ4n) is 4.54. The molecule has 8 nitrogen and oxygen atoms in total. The van der Waals surface area contributed by atoms with Crippen molar-refractivity contribution in [3.05, 3.63) is 35.9 Å². The van der Waals surface area contributed by atoms with Gasteiger partial charge in [0.25, 0.3) is 0 Å². The summed E-state index contributed by atoms with van der Waals surface area (Å²) in [6.45, 7) is 6.63. The molecule has 2 heterocycles. The number of piperazine rings is 1. The first-order valence-electron chi connectivity index (χ1n) is 11.6. The first-order chi connectivity index (χ1) is 15.4. The molecule has 1 N–H and O–H groups in total. The second-order valence-electron chi connectivity index (χ2n) is 9.09. The Morgan fingerprint density at radius 3 is 2.56 bits per heavy atom. The number of urea groups is 1. The van der Waals surface area contributed by atoms with Crippen molar-refractivity contribution in [2.24, 2.45) is 5.92 Å². The number of amides is 4. The van der Waals surface area contributed by atoms with Gasteiger partial charge >= 0.3 is 6.03 Å². The van der Waals surface area contributed by atoms with Crippen molar-refractivity contribution >= 4 is 17.8 Å². The Balaban J connectivity index is 1.54. The van der Waals surface area contributed by atoms with Crippen LogP contribution in [0.3, 0.4) is 0 Å². The fourth-order valence-corrected chi connectivity index (χ4v) is 4.54. The lowest BCUT2D eigenvalue weighted by Crippen LogP contribution is -2.61. The minimum absolute atomic E-state index is 0.0208. The molecule has 2 atom stereocenters. The van der Waals surface area contributed by atoms with Crippen molar-refractivity contribution in [3.63, 3.8) is 0 Å². The van der Waals surface area contributed by atoms with Crippen molar-refractivity contribution in [1.29, 1.82) is 0 Å². The van der Waals surface area contributed by atoms with Crippen LogP contribution in [0.25, 0.3) is 0 Å². The van der Waals surface area contributed by atoms with E-state index in [1.54, 1.807) is 21.8 Å². The third-order valence-electron chi connectivity index (χ3n) is 6.08. The number of methoxy groups -OCH3 is 1. The Morgan fingerprint density at radius 1 is 1.16 bits per heavy atom. The summed E-state index contributed by atoms with van der Waals surface area (Å²) in [6, 6.07) is 9.38. The van der Waals surface area contributed by atoms with E-state index < -0.39 is 6.04 Å². The Hall–Kier alpha value is -2.61. The predicted octanol–water partition coefficient (Wildman–Crippen LogP) is 1.74. The summed E-state index contributed by atoms with van der Waals surface area (Å²) in [7, 11) is 1.62. The highest BCUT2D eigenvalue weighted by molar-refractivity contribution is 5.91. The van der Waals surface area contributed by atoms with Gasteiger partial charge in [0.15, 0.2) is 0 Å². The summed E-state index contributed by atoms with van der Waals surface area (Å²) in [5, 5.41) is 2.93. The SMILES string of the molecule is COCCN1CC2CN(CC(=O)NCCCc3ccccc3)C(=O)N2C(CC(C)C)C1=O. The molecule has 1 aromatic rings. The van der Waals surface area contributed by atoms with Gasteiger partial charge in [-0.3, -0.25) is 9.59 Å². The van der Waals surface area contributed by atoms with Gasteiger partial charge in [0.1, 0.15) is 12.6 Å². The summed E-state index contributed by atoms with van der Waals surface area (Å²) < 4.78 is 5.15. The molecule has 0 radical (unpaired) electrons. The largest absolute Gasteiger partial charge is 0.383 e. The van der Waals surface area contributed by atoms with Gasteiger partial charge in [-0.25, -0.2) is 4.79 Å². The van der Waals surface area contributed by atoms with Gasteiger partial charge in [-0.2, -0.15) is 0 Å². The molecule has 4 amide bonds. The van der Waals surface area contributed by atoms with Crippen LogP contribution in [-0.4, -0.2) is 91.1 Å². The van der Waals surface area contributed by atoms with E-state index in [1.807, 2.05) is 18.2 Å². The number of aryl methyl sites for hydroxylation is 1. The summed E-state index contributed by atoms with van der Waals surface area (Å²) >= 11 is 0. The Labute approximate surface area is 190 Å². The highest BCUT2D eigenvalue weighted by Gasteiger charge is 2.49. The van der Waals surface area contributed by atoms with Crippen LogP contribution in [-0.2, 0) is 20.7 Å². The molecule has 0 bridgehead atoms. The van der Waals surface area contributed by atoms with Crippen LogP contribution < -0.4 is 5.32 Å². The first-order valence-corrected chi connectivity index (χ1v) is 11.6. The van der Waals surface area contributed by atoms with Crippen LogP contribution in [0, 0.1) is 5.92 Å². The predicted molar refractivity (Wildman–Crippen MR) is 122 cm³/mol. The molecule has 0 aromatic heterocycles. The van der Waals surface area contributed by atoms with Gasteiger partial charge in [-0.1, -0.05) is 44.2 Å². The van der Waals surface area contributed by atoms with Crippen LogP contribution in [0.2, 0.25) is 0 Å². The van der Waals surface area contributed by atoms with E-state index in [0.29, 0.717) is 39.2 Å². The van der Waals surface area contributed by atoms with Crippen LogP contribution in [0.15, 0.2) is 30.3 Å². The number of carbonyl (C=O) groups is 3. The molecule has 0 spiro atoms. The third kappa shape index (κ3) is 6.00. The topological polar surface area (TPSA) is 82.2 Å². The van der Waals surface area contributed by atoms with E-state index in [2.05, 4.69) is 31.3 Å². The summed E-state index contributed by atoms with van der Waals surface area (Å²) in [5.41, 5.74) is 1.24. The Morgan fingerprint density at radius 2 is 1.88 bits per heavy atom. The lowest BCUT2D eigenvalue weighted by atomic mass is 9.97. The highest BCUT2D eigenvalue weighted by Crippen LogP contribution is 2.28. The van der Waals surface area contributed by atoms with Crippen LogP contribution >= 0.6 is 0 Å². The van der Waals surface area contributed by atoms with Gasteiger partial charge < -0.3 is 24.8 Å². The number of carbonyl (C=O) groups excluding carboxylic acids is 3. The molecule has 0 saturated carbocycles. The number of rotatable bonds is 11. The van der Waals surface area contributed by atoms with Crippen LogP contribution in [0.5, 0.6) is 0 Å². The van der Waals surface area contributed by atoms with Gasteiger partial charge in [-0.15, -0.1) is 0 Å². The van der Waals surface area contributed by atoms with Gasteiger partial charge in [-0.05, 0) is 30.7 Å². The summed E-state index contributed by atoms with van der Waals surface area (Å²) in [6.07, 6.45) is 2.36. The molecule has 0 aliphatic carbocycles. The standard InChI is InChI=1S/C24H36N4O4/c1-18(2)14-21-23(30)26(12-13-32-3)15-20-16-27(24(31)28(20)21)17-22(29)25-11-7-10-19-8-5-4-6-9-19/h4-6,8-9,18,20-21H,7,10-17H2,1-3H3,(H,25,29). The molecular formula is C24H36N4O4. The van der Waals surface area contributed by atoms with E-state index in [0.717, 1.165) is 12.8 Å². The number of ether oxygens (including phenoxy) is 1. The molecule has 2 aliphatic heterocycles. The molecular weight excluding hydrogens is 408 g/mol. The smallest absolute Gasteiger partial charge is 0.321 e. The Kier molecular flexibility index (Phi) is 8.50. The third-order valence-corrected chi connectivity index (χ3v) is 6.08. The fraction of sp³-hybridized carbons (Fsp3) is 0.625. The van der Waals surface area contributed by atoms with Crippen molar-refractivity contribution in [2.45, 2.75) is 45.2 Å². The number of benzene rings is 1. The monoisotopic (exact) mass is 444 g/mol. The minimum atomic E-state index is -0.475. The molecule has 2 fully saturated rings. The van der Waals surface area contributed by atoms with Crippen LogP contribution in [0.1, 0.15) is 32.3 Å². The molecule has 2 saturated heterocycles. The second-order valence-corrected chi connectivity index (χ2v) is 9.09. The zero-order valence-corrected chi connectivity index (χ0v) is 19.5. The van der Waals surface area contributed by atoms with Gasteiger partial charge in [0, 0.05) is 33.3 Å². The summed E-state index contributed by atoms with van der Waals surface area (Å²) in [4.78, 5) is 43.8. The zero-order chi connectivity index (χ0) is 23.1. The molecule has 3 rings (SSSR count). The number of hydrogen-bond acceptors (Lipinski definition) is 4. The van der Waals surface area contributed by atoms with Crippen molar-refractivity contribution in [2.75, 3.05) is 46.4 Å². The zero-order valence-electron chi connectivity index (χ0n) is 19.5. The quantitative estimate of drug-likeness (QED) is 0.527. The second kappa shape index (κ2) is 11.3. The maximum absolute atomic E-state index is 13.1. The molecule has 2 unspecified atom stereocenters. The van der Waals surface area contributed by atoms with Gasteiger partial charge in [0.05, 0.1) is 12.6 Å². The van der Waals surface area contributed by atoms with Crippen LogP contribution in [0.4, 0.5) is 4.79 Å². The molecule has 1 aromatic carbocycles. The Bertz CT molecular complexity index is 785. The average molecular weight is 445 g/mol. The first kappa shape index (κ1) is 24.0. The minimum Gasteiger partial charge on any atom is -0.383 e. The van der Waals surface area contributed by atoms with Crippen molar-refractivity contribution in [3.8, 4) is 0 Å². The van der Waals surface area contributed by atoms with Gasteiger partial charge in [0.2, 0.25) is 11.8 Å². The summed E-state index contributed by atoms with van der Waals surface area (Å²) in [5.74, 6) is 0.100. The molecule has 8 heteroatoms.